The van der Waals surface area contributed by atoms with Gasteiger partial charge in [0.15, 0.2) is 0 Å². The quantitative estimate of drug-likeness (QED) is 0.795. The number of amides is 1. The largest absolute Gasteiger partial charge is 0.501 e. The van der Waals surface area contributed by atoms with Gasteiger partial charge in [-0.1, -0.05) is 0 Å². The topological polar surface area (TPSA) is 63.7 Å². The van der Waals surface area contributed by atoms with Gasteiger partial charge >= 0.3 is 5.51 Å². The molecule has 3 rings (SSSR count). The average molecular weight is 391 g/mol. The number of likely N-dealkylation sites (tertiary alicyclic amines) is 1. The lowest BCUT2D eigenvalue weighted by Gasteiger charge is -2.34. The number of hydrogen-bond acceptors (Lipinski definition) is 4. The minimum absolute atomic E-state index is 0.189. The predicted molar refractivity (Wildman–Crippen MR) is 87.2 cm³/mol. The van der Waals surface area contributed by atoms with E-state index in [9.17, 15) is 26.4 Å². The Morgan fingerprint density at radius 2 is 1.65 bits per heavy atom. The van der Waals surface area contributed by atoms with Crippen molar-refractivity contribution in [2.45, 2.75) is 29.7 Å². The molecule has 1 aromatic rings. The first-order chi connectivity index (χ1) is 12.2. The van der Waals surface area contributed by atoms with Crippen molar-refractivity contribution in [2.24, 2.45) is 11.8 Å². The molecular weight excluding hydrogens is 371 g/mol. The monoisotopic (exact) mass is 391 g/mol. The van der Waals surface area contributed by atoms with Crippen molar-refractivity contribution in [3.05, 3.63) is 29.8 Å². The molecule has 5 nitrogen and oxygen atoms in total. The van der Waals surface area contributed by atoms with Crippen LogP contribution in [0, 0.1) is 11.8 Å². The fraction of sp³-hybridized carbons (Fsp3) is 0.588. The van der Waals surface area contributed by atoms with E-state index in [0.717, 1.165) is 56.7 Å². The van der Waals surface area contributed by atoms with E-state index in [2.05, 4.69) is 0 Å². The normalized spacial score (nSPS) is 22.6. The van der Waals surface area contributed by atoms with Crippen LogP contribution in [0.1, 0.15) is 29.6 Å². The highest BCUT2D eigenvalue weighted by molar-refractivity contribution is 7.92. The summed E-state index contributed by atoms with van der Waals surface area (Å²) in [5, 5.41) is 0. The number of carbonyl (C=O) groups is 1. The number of nitrogens with zero attached hydrogens (tertiary/aromatic N) is 1. The highest BCUT2D eigenvalue weighted by Crippen LogP contribution is 2.32. The van der Waals surface area contributed by atoms with E-state index >= 15 is 0 Å². The summed E-state index contributed by atoms with van der Waals surface area (Å²) in [7, 11) is -5.40. The molecule has 1 atom stereocenters. The molecule has 1 aromatic carbocycles. The van der Waals surface area contributed by atoms with Crippen molar-refractivity contribution in [2.75, 3.05) is 26.3 Å². The SMILES string of the molecule is O=C(c1ccc(S(=O)(=O)C(F)(F)F)cc1)N1CCC(C2CCOC2)CC1. The molecule has 9 heteroatoms. The third kappa shape index (κ3) is 3.73. The zero-order chi connectivity index (χ0) is 18.9. The number of alkyl halides is 3. The van der Waals surface area contributed by atoms with Crippen LogP contribution in [0.2, 0.25) is 0 Å². The molecule has 2 fully saturated rings. The highest BCUT2D eigenvalue weighted by Gasteiger charge is 2.46. The second kappa shape index (κ2) is 7.19. The first-order valence-corrected chi connectivity index (χ1v) is 9.97. The molecule has 1 unspecified atom stereocenters. The number of benzene rings is 1. The Bertz CT molecular complexity index is 747. The summed E-state index contributed by atoms with van der Waals surface area (Å²) >= 11 is 0. The van der Waals surface area contributed by atoms with Gasteiger partial charge in [-0.3, -0.25) is 4.79 Å². The zero-order valence-corrected chi connectivity index (χ0v) is 14.9. The minimum Gasteiger partial charge on any atom is -0.381 e. The lowest BCUT2D eigenvalue weighted by Crippen LogP contribution is -2.40. The van der Waals surface area contributed by atoms with Gasteiger partial charge in [0.25, 0.3) is 15.7 Å². The number of ether oxygens (including phenoxy) is 1. The fourth-order valence-electron chi connectivity index (χ4n) is 3.59. The third-order valence-corrected chi connectivity index (χ3v) is 6.68. The molecule has 144 valence electrons. The van der Waals surface area contributed by atoms with Crippen LogP contribution in [0.15, 0.2) is 29.2 Å². The van der Waals surface area contributed by atoms with Gasteiger partial charge in [-0.15, -0.1) is 0 Å². The van der Waals surface area contributed by atoms with Crippen molar-refractivity contribution >= 4 is 15.7 Å². The molecular formula is C17H20F3NO4S. The van der Waals surface area contributed by atoms with E-state index < -0.39 is 20.2 Å². The number of carbonyl (C=O) groups excluding carboxylic acids is 1. The molecule has 1 amide bonds. The van der Waals surface area contributed by atoms with E-state index in [1.54, 1.807) is 4.90 Å². The van der Waals surface area contributed by atoms with Crippen LogP contribution >= 0.6 is 0 Å². The van der Waals surface area contributed by atoms with Crippen molar-refractivity contribution in [3.63, 3.8) is 0 Å². The molecule has 26 heavy (non-hydrogen) atoms. The molecule has 0 aliphatic carbocycles. The van der Waals surface area contributed by atoms with Crippen LogP contribution in [-0.4, -0.2) is 51.0 Å². The van der Waals surface area contributed by atoms with Crippen LogP contribution < -0.4 is 0 Å². The summed E-state index contributed by atoms with van der Waals surface area (Å²) in [6.07, 6.45) is 2.80. The number of sulfone groups is 1. The van der Waals surface area contributed by atoms with Gasteiger partial charge in [-0.2, -0.15) is 13.2 Å². The van der Waals surface area contributed by atoms with E-state index in [1.165, 1.54) is 0 Å². The average Bonchev–Trinajstić information content (AvgIpc) is 3.15. The Kier molecular flexibility index (Phi) is 5.30. The highest BCUT2D eigenvalue weighted by atomic mass is 32.2. The van der Waals surface area contributed by atoms with E-state index in [1.807, 2.05) is 0 Å². The molecule has 2 heterocycles. The van der Waals surface area contributed by atoms with Crippen molar-refractivity contribution in [1.29, 1.82) is 0 Å². The maximum atomic E-state index is 12.6. The molecule has 2 aliphatic heterocycles. The van der Waals surface area contributed by atoms with Gasteiger partial charge in [-0.05, 0) is 55.4 Å². The van der Waals surface area contributed by atoms with Gasteiger partial charge in [0, 0.05) is 31.9 Å². The maximum absolute atomic E-state index is 12.6. The number of rotatable bonds is 3. The van der Waals surface area contributed by atoms with Gasteiger partial charge < -0.3 is 9.64 Å². The fourth-order valence-corrected chi connectivity index (χ4v) is 4.35. The molecule has 0 spiro atoms. The van der Waals surface area contributed by atoms with E-state index in [-0.39, 0.29) is 11.5 Å². The molecule has 0 bridgehead atoms. The van der Waals surface area contributed by atoms with Crippen LogP contribution in [0.5, 0.6) is 0 Å². The number of halogens is 3. The van der Waals surface area contributed by atoms with Gasteiger partial charge in [-0.25, -0.2) is 8.42 Å². The minimum atomic E-state index is -5.40. The molecule has 2 saturated heterocycles. The summed E-state index contributed by atoms with van der Waals surface area (Å²) in [5.41, 5.74) is -5.17. The predicted octanol–water partition coefficient (Wildman–Crippen LogP) is 2.87. The smallest absolute Gasteiger partial charge is 0.381 e. The van der Waals surface area contributed by atoms with Gasteiger partial charge in [0.2, 0.25) is 0 Å². The lowest BCUT2D eigenvalue weighted by atomic mass is 9.84. The van der Waals surface area contributed by atoms with Crippen LogP contribution in [0.4, 0.5) is 13.2 Å². The van der Waals surface area contributed by atoms with Crippen molar-refractivity contribution < 1.29 is 31.1 Å². The maximum Gasteiger partial charge on any atom is 0.501 e. The molecule has 0 N–H and O–H groups in total. The number of hydrogen-bond donors (Lipinski definition) is 0. The second-order valence-electron chi connectivity index (χ2n) is 6.73. The van der Waals surface area contributed by atoms with Gasteiger partial charge in [0.1, 0.15) is 0 Å². The van der Waals surface area contributed by atoms with E-state index in [4.69, 9.17) is 4.74 Å². The standard InChI is InChI=1S/C17H20F3NO4S/c18-17(19,20)26(23,24)15-3-1-13(2-4-15)16(22)21-8-5-12(6-9-21)14-7-10-25-11-14/h1-4,12,14H,5-11H2. The first-order valence-electron chi connectivity index (χ1n) is 8.48. The zero-order valence-electron chi connectivity index (χ0n) is 14.0. The lowest BCUT2D eigenvalue weighted by molar-refractivity contribution is -0.0436. The summed E-state index contributed by atoms with van der Waals surface area (Å²) < 4.78 is 65.8. The summed E-state index contributed by atoms with van der Waals surface area (Å²) in [6, 6.07) is 3.94. The summed E-state index contributed by atoms with van der Waals surface area (Å²) in [5.74, 6) is 0.780. The molecule has 2 aliphatic rings. The van der Waals surface area contributed by atoms with Crippen molar-refractivity contribution in [3.8, 4) is 0 Å². The second-order valence-corrected chi connectivity index (χ2v) is 8.67. The molecule has 0 radical (unpaired) electrons. The Balaban J connectivity index is 1.64. The van der Waals surface area contributed by atoms with Crippen LogP contribution in [0.25, 0.3) is 0 Å². The molecule has 0 aromatic heterocycles. The Hall–Kier alpha value is -1.61. The van der Waals surface area contributed by atoms with Gasteiger partial charge in [0.05, 0.1) is 4.90 Å². The first kappa shape index (κ1) is 19.2. The third-order valence-electron chi connectivity index (χ3n) is 5.17. The van der Waals surface area contributed by atoms with Crippen molar-refractivity contribution in [1.82, 2.24) is 4.90 Å². The Morgan fingerprint density at radius 1 is 1.04 bits per heavy atom. The van der Waals surface area contributed by atoms with E-state index in [0.29, 0.717) is 24.9 Å². The molecule has 0 saturated carbocycles. The summed E-state index contributed by atoms with van der Waals surface area (Å²) in [4.78, 5) is 13.3. The number of piperidine rings is 1. The summed E-state index contributed by atoms with van der Waals surface area (Å²) in [6.45, 7) is 2.73. The Labute approximate surface area is 150 Å². The Morgan fingerprint density at radius 3 is 2.15 bits per heavy atom. The van der Waals surface area contributed by atoms with Crippen LogP contribution in [-0.2, 0) is 14.6 Å². The van der Waals surface area contributed by atoms with Crippen LogP contribution in [0.3, 0.4) is 0 Å².